The van der Waals surface area contributed by atoms with Crippen LogP contribution in [0, 0.1) is 0 Å². The lowest BCUT2D eigenvalue weighted by Crippen LogP contribution is -2.42. The third-order valence-electron chi connectivity index (χ3n) is 4.63. The predicted octanol–water partition coefficient (Wildman–Crippen LogP) is 6.15. The van der Waals surface area contributed by atoms with Gasteiger partial charge >= 0.3 is 12.1 Å². The molecule has 0 aromatic rings. The number of nitrogens with one attached hydrogen (secondary N) is 1. The molecule has 0 bridgehead atoms. The highest BCUT2D eigenvalue weighted by Gasteiger charge is 2.21. The van der Waals surface area contributed by atoms with Gasteiger partial charge in [-0.05, 0) is 19.3 Å². The van der Waals surface area contributed by atoms with Gasteiger partial charge in [0.2, 0.25) is 0 Å². The number of amides is 1. The number of carbonyl (C=O) groups is 2. The number of ether oxygens (including phenoxy) is 2. The average Bonchev–Trinajstić information content (AvgIpc) is 2.66. The van der Waals surface area contributed by atoms with Crippen molar-refractivity contribution in [3.63, 3.8) is 0 Å². The monoisotopic (exact) mass is 385 g/mol. The van der Waals surface area contributed by atoms with Crippen LogP contribution in [0.4, 0.5) is 4.79 Å². The quantitative estimate of drug-likeness (QED) is 0.227. The lowest BCUT2D eigenvalue weighted by molar-refractivity contribution is -0.146. The first-order valence-electron chi connectivity index (χ1n) is 11.3. The molecule has 160 valence electrons. The number of carbonyl (C=O) groups excluding carboxylic acids is 2. The van der Waals surface area contributed by atoms with Crippen LogP contribution in [-0.4, -0.2) is 31.3 Å². The Morgan fingerprint density at radius 1 is 0.667 bits per heavy atom. The molecule has 0 spiro atoms. The highest BCUT2D eigenvalue weighted by Crippen LogP contribution is 2.09. The van der Waals surface area contributed by atoms with Crippen LogP contribution in [0.15, 0.2) is 0 Å². The van der Waals surface area contributed by atoms with E-state index in [-0.39, 0.29) is 5.97 Å². The van der Waals surface area contributed by atoms with Crippen LogP contribution < -0.4 is 5.32 Å². The van der Waals surface area contributed by atoms with E-state index in [1.165, 1.54) is 38.5 Å². The number of unbranched alkanes of at least 4 members (excludes halogenated alkanes) is 10. The maximum Gasteiger partial charge on any atom is 0.407 e. The molecule has 0 unspecified atom stereocenters. The van der Waals surface area contributed by atoms with Crippen molar-refractivity contribution in [3.8, 4) is 0 Å². The Balaban J connectivity index is 3.85. The van der Waals surface area contributed by atoms with Crippen molar-refractivity contribution < 1.29 is 19.1 Å². The Bertz CT molecular complexity index is 360. The average molecular weight is 386 g/mol. The van der Waals surface area contributed by atoms with Crippen LogP contribution >= 0.6 is 0 Å². The van der Waals surface area contributed by atoms with E-state index >= 15 is 0 Å². The van der Waals surface area contributed by atoms with Crippen LogP contribution in [0.25, 0.3) is 0 Å². The fourth-order valence-electron chi connectivity index (χ4n) is 2.92. The highest BCUT2D eigenvalue weighted by atomic mass is 16.6. The molecule has 0 aromatic heterocycles. The van der Waals surface area contributed by atoms with E-state index in [1.807, 2.05) is 6.92 Å². The van der Waals surface area contributed by atoms with Gasteiger partial charge in [0.1, 0.15) is 6.04 Å². The second-order valence-electron chi connectivity index (χ2n) is 7.32. The molecule has 0 saturated heterocycles. The summed E-state index contributed by atoms with van der Waals surface area (Å²) in [4.78, 5) is 24.0. The fraction of sp³-hybridized carbons (Fsp3) is 0.909. The van der Waals surface area contributed by atoms with Crippen LogP contribution in [0.3, 0.4) is 0 Å². The van der Waals surface area contributed by atoms with Crippen LogP contribution in [0.1, 0.15) is 111 Å². The fourth-order valence-corrected chi connectivity index (χ4v) is 2.92. The first-order valence-corrected chi connectivity index (χ1v) is 11.3. The summed E-state index contributed by atoms with van der Waals surface area (Å²) in [6, 6.07) is -0.604. The van der Waals surface area contributed by atoms with Gasteiger partial charge < -0.3 is 14.8 Å². The molecule has 1 N–H and O–H groups in total. The SMILES string of the molecule is CCCCCCCCCCOC(=O)[C@H](CCC)NC(=O)OCCCCCC. The molecular formula is C22H43NO4. The number of hydrogen-bond acceptors (Lipinski definition) is 4. The molecule has 5 nitrogen and oxygen atoms in total. The maximum atomic E-state index is 12.2. The van der Waals surface area contributed by atoms with Crippen molar-refractivity contribution in [1.82, 2.24) is 5.32 Å². The zero-order valence-electron chi connectivity index (χ0n) is 18.0. The summed E-state index contributed by atoms with van der Waals surface area (Å²) in [6.07, 6.45) is 14.7. The van der Waals surface area contributed by atoms with Crippen molar-refractivity contribution in [3.05, 3.63) is 0 Å². The Kier molecular flexibility index (Phi) is 18.6. The number of rotatable bonds is 18. The summed E-state index contributed by atoms with van der Waals surface area (Å²) in [5.74, 6) is -0.345. The zero-order chi connectivity index (χ0) is 20.2. The number of alkyl carbamates (subject to hydrolysis) is 1. The summed E-state index contributed by atoms with van der Waals surface area (Å²) in [5, 5.41) is 2.65. The van der Waals surface area contributed by atoms with Gasteiger partial charge in [0.15, 0.2) is 0 Å². The van der Waals surface area contributed by atoms with Gasteiger partial charge in [0.05, 0.1) is 13.2 Å². The maximum absolute atomic E-state index is 12.2. The molecule has 1 atom stereocenters. The topological polar surface area (TPSA) is 64.6 Å². The van der Waals surface area contributed by atoms with E-state index in [0.717, 1.165) is 44.9 Å². The number of hydrogen-bond donors (Lipinski definition) is 1. The van der Waals surface area contributed by atoms with Gasteiger partial charge in [-0.3, -0.25) is 0 Å². The van der Waals surface area contributed by atoms with Crippen molar-refractivity contribution in [2.24, 2.45) is 0 Å². The van der Waals surface area contributed by atoms with Gasteiger partial charge in [0, 0.05) is 0 Å². The molecular weight excluding hydrogens is 342 g/mol. The van der Waals surface area contributed by atoms with Crippen molar-refractivity contribution in [2.75, 3.05) is 13.2 Å². The van der Waals surface area contributed by atoms with Crippen LogP contribution in [0.5, 0.6) is 0 Å². The van der Waals surface area contributed by atoms with Crippen LogP contribution in [0.2, 0.25) is 0 Å². The second-order valence-corrected chi connectivity index (χ2v) is 7.32. The number of esters is 1. The van der Waals surface area contributed by atoms with E-state index < -0.39 is 12.1 Å². The molecule has 0 heterocycles. The minimum absolute atomic E-state index is 0.345. The first kappa shape index (κ1) is 25.7. The molecule has 27 heavy (non-hydrogen) atoms. The van der Waals surface area contributed by atoms with Gasteiger partial charge in [-0.2, -0.15) is 0 Å². The minimum atomic E-state index is -0.604. The van der Waals surface area contributed by atoms with E-state index in [4.69, 9.17) is 9.47 Å². The molecule has 0 aliphatic carbocycles. The largest absolute Gasteiger partial charge is 0.464 e. The molecule has 0 fully saturated rings. The second kappa shape index (κ2) is 19.5. The van der Waals surface area contributed by atoms with E-state index in [0.29, 0.717) is 19.6 Å². The van der Waals surface area contributed by atoms with Gasteiger partial charge in [-0.25, -0.2) is 9.59 Å². The molecule has 5 heteroatoms. The van der Waals surface area contributed by atoms with Crippen LogP contribution in [-0.2, 0) is 14.3 Å². The zero-order valence-corrected chi connectivity index (χ0v) is 18.0. The minimum Gasteiger partial charge on any atom is -0.464 e. The van der Waals surface area contributed by atoms with E-state index in [1.54, 1.807) is 0 Å². The Morgan fingerprint density at radius 3 is 1.70 bits per heavy atom. The molecule has 1 amide bonds. The van der Waals surface area contributed by atoms with Gasteiger partial charge in [0.25, 0.3) is 0 Å². The smallest absolute Gasteiger partial charge is 0.407 e. The van der Waals surface area contributed by atoms with Crippen molar-refractivity contribution in [2.45, 2.75) is 117 Å². The summed E-state index contributed by atoms with van der Waals surface area (Å²) in [6.45, 7) is 7.18. The molecule has 0 saturated carbocycles. The summed E-state index contributed by atoms with van der Waals surface area (Å²) in [5.41, 5.74) is 0. The highest BCUT2D eigenvalue weighted by molar-refractivity contribution is 5.81. The molecule has 0 aliphatic heterocycles. The van der Waals surface area contributed by atoms with Gasteiger partial charge in [-0.1, -0.05) is 91.4 Å². The third-order valence-corrected chi connectivity index (χ3v) is 4.63. The van der Waals surface area contributed by atoms with E-state index in [2.05, 4.69) is 19.2 Å². The Labute approximate surface area is 167 Å². The normalized spacial score (nSPS) is 11.8. The lowest BCUT2D eigenvalue weighted by Gasteiger charge is -2.17. The Morgan fingerprint density at radius 2 is 1.15 bits per heavy atom. The van der Waals surface area contributed by atoms with E-state index in [9.17, 15) is 9.59 Å². The molecule has 0 radical (unpaired) electrons. The Hall–Kier alpha value is -1.26. The van der Waals surface area contributed by atoms with Crippen molar-refractivity contribution in [1.29, 1.82) is 0 Å². The standard InChI is InChI=1S/C22H43NO4/c1-4-7-9-11-12-13-14-16-18-26-21(24)20(17-6-3)23-22(25)27-19-15-10-8-5-2/h20H,4-19H2,1-3H3,(H,23,25)/t20-/m0/s1. The molecule has 0 rings (SSSR count). The summed E-state index contributed by atoms with van der Waals surface area (Å²) >= 11 is 0. The van der Waals surface area contributed by atoms with Gasteiger partial charge in [-0.15, -0.1) is 0 Å². The summed E-state index contributed by atoms with van der Waals surface area (Å²) < 4.78 is 10.5. The third kappa shape index (κ3) is 16.6. The predicted molar refractivity (Wildman–Crippen MR) is 111 cm³/mol. The van der Waals surface area contributed by atoms with Crippen molar-refractivity contribution >= 4 is 12.1 Å². The lowest BCUT2D eigenvalue weighted by atomic mass is 10.1. The molecule has 0 aliphatic rings. The first-order chi connectivity index (χ1) is 13.2. The molecule has 0 aromatic carbocycles. The summed E-state index contributed by atoms with van der Waals surface area (Å²) in [7, 11) is 0.